The summed E-state index contributed by atoms with van der Waals surface area (Å²) in [5.41, 5.74) is 6.39. The van der Waals surface area contributed by atoms with E-state index in [1.54, 1.807) is 60.7 Å². The van der Waals surface area contributed by atoms with Gasteiger partial charge >= 0.3 is 12.4 Å². The lowest BCUT2D eigenvalue weighted by Gasteiger charge is -2.31. The number of fused-ring (bicyclic) bond motifs is 4. The van der Waals surface area contributed by atoms with Gasteiger partial charge in [0.05, 0.1) is 0 Å². The van der Waals surface area contributed by atoms with Gasteiger partial charge in [0.15, 0.2) is 0 Å². The zero-order chi connectivity index (χ0) is 35.8. The van der Waals surface area contributed by atoms with E-state index in [0.29, 0.717) is 33.9 Å². The molecule has 0 N–H and O–H groups in total. The number of para-hydroxylation sites is 2. The quantitative estimate of drug-likeness (QED) is 0.133. The summed E-state index contributed by atoms with van der Waals surface area (Å²) in [6, 6.07) is 40.6. The van der Waals surface area contributed by atoms with Crippen molar-refractivity contribution in [2.75, 3.05) is 9.80 Å². The minimum Gasteiger partial charge on any atom is -0.329 e. The minimum atomic E-state index is -4.48. The van der Waals surface area contributed by atoms with Gasteiger partial charge in [-0.2, -0.15) is 26.3 Å². The highest BCUT2D eigenvalue weighted by Crippen LogP contribution is 2.51. The lowest BCUT2D eigenvalue weighted by Crippen LogP contribution is -2.41. The van der Waals surface area contributed by atoms with Gasteiger partial charge in [-0.1, -0.05) is 109 Å². The number of nitrogens with zero attached hydrogens (tertiary/aromatic N) is 2. The number of anilines is 4. The lowest BCUT2D eigenvalue weighted by atomic mass is 9.85. The SMILES string of the molecule is FC(F)(F)C1Cc2ccccc2N1c1ccc2c(-c3ccccc3)c3cc(N4c5ccccc5CC4C(F)(F)F)ccc3c(-c3ccccc3)c2c1. The average molecular weight is 701 g/mol. The van der Waals surface area contributed by atoms with Gasteiger partial charge in [-0.3, -0.25) is 0 Å². The lowest BCUT2D eigenvalue weighted by molar-refractivity contribution is -0.145. The maximum Gasteiger partial charge on any atom is 0.409 e. The molecule has 0 fully saturated rings. The molecule has 8 heteroatoms. The third-order valence-corrected chi connectivity index (χ3v) is 10.5. The van der Waals surface area contributed by atoms with Crippen LogP contribution in [0.3, 0.4) is 0 Å². The monoisotopic (exact) mass is 700 g/mol. The smallest absolute Gasteiger partial charge is 0.329 e. The molecule has 258 valence electrons. The van der Waals surface area contributed by atoms with Crippen molar-refractivity contribution in [3.05, 3.63) is 157 Å². The molecule has 2 nitrogen and oxygen atoms in total. The van der Waals surface area contributed by atoms with Crippen molar-refractivity contribution in [1.29, 1.82) is 0 Å². The van der Waals surface area contributed by atoms with E-state index in [0.717, 1.165) is 43.8 Å². The predicted molar refractivity (Wildman–Crippen MR) is 197 cm³/mol. The highest BCUT2D eigenvalue weighted by Gasteiger charge is 2.49. The van der Waals surface area contributed by atoms with Crippen LogP contribution >= 0.6 is 0 Å². The van der Waals surface area contributed by atoms with Crippen molar-refractivity contribution in [3.63, 3.8) is 0 Å². The predicted octanol–water partition coefficient (Wildman–Crippen LogP) is 12.6. The molecule has 0 aromatic heterocycles. The van der Waals surface area contributed by atoms with Crippen LogP contribution in [0.2, 0.25) is 0 Å². The summed E-state index contributed by atoms with van der Waals surface area (Å²) in [6.45, 7) is 0. The van der Waals surface area contributed by atoms with E-state index in [4.69, 9.17) is 0 Å². The van der Waals surface area contributed by atoms with Gasteiger partial charge in [0.2, 0.25) is 0 Å². The largest absolute Gasteiger partial charge is 0.409 e. The van der Waals surface area contributed by atoms with Gasteiger partial charge < -0.3 is 9.80 Å². The molecule has 7 aromatic rings. The Morgan fingerprint density at radius 1 is 0.404 bits per heavy atom. The summed E-state index contributed by atoms with van der Waals surface area (Å²) in [5, 5.41) is 3.05. The molecule has 2 unspecified atom stereocenters. The third-order valence-electron chi connectivity index (χ3n) is 10.5. The molecular formula is C44H30F6N2. The molecular weight excluding hydrogens is 670 g/mol. The number of rotatable bonds is 4. The number of benzene rings is 7. The molecule has 9 rings (SSSR count). The second kappa shape index (κ2) is 11.9. The molecule has 2 atom stereocenters. The molecule has 0 radical (unpaired) electrons. The fourth-order valence-corrected chi connectivity index (χ4v) is 8.27. The Kier molecular flexibility index (Phi) is 7.36. The first-order chi connectivity index (χ1) is 25.1. The van der Waals surface area contributed by atoms with Gasteiger partial charge in [-0.05, 0) is 91.3 Å². The van der Waals surface area contributed by atoms with E-state index in [9.17, 15) is 26.3 Å². The maximum atomic E-state index is 14.7. The van der Waals surface area contributed by atoms with E-state index < -0.39 is 24.4 Å². The molecule has 52 heavy (non-hydrogen) atoms. The molecule has 0 saturated carbocycles. The zero-order valence-corrected chi connectivity index (χ0v) is 27.6. The molecule has 0 spiro atoms. The van der Waals surface area contributed by atoms with Gasteiger partial charge in [-0.15, -0.1) is 0 Å². The van der Waals surface area contributed by atoms with Gasteiger partial charge in [0.25, 0.3) is 0 Å². The first kappa shape index (κ1) is 32.2. The van der Waals surface area contributed by atoms with Crippen LogP contribution in [0.25, 0.3) is 43.8 Å². The van der Waals surface area contributed by atoms with Crippen LogP contribution in [0.15, 0.2) is 146 Å². The summed E-state index contributed by atoms with van der Waals surface area (Å²) in [4.78, 5) is 2.78. The molecule has 0 bridgehead atoms. The Morgan fingerprint density at radius 3 is 1.15 bits per heavy atom. The Labute approximate surface area is 296 Å². The van der Waals surface area contributed by atoms with Gasteiger partial charge in [0.1, 0.15) is 12.1 Å². The average Bonchev–Trinajstić information content (AvgIpc) is 3.74. The van der Waals surface area contributed by atoms with E-state index in [1.807, 2.05) is 84.9 Å². The second-order valence-electron chi connectivity index (χ2n) is 13.5. The first-order valence-electron chi connectivity index (χ1n) is 17.1. The van der Waals surface area contributed by atoms with Crippen molar-refractivity contribution >= 4 is 44.3 Å². The van der Waals surface area contributed by atoms with E-state index in [2.05, 4.69) is 0 Å². The van der Waals surface area contributed by atoms with Crippen LogP contribution < -0.4 is 9.80 Å². The van der Waals surface area contributed by atoms with Crippen LogP contribution in [-0.4, -0.2) is 24.4 Å². The molecule has 0 amide bonds. The summed E-state index contributed by atoms with van der Waals surface area (Å²) in [6.07, 6.45) is -9.27. The Bertz CT molecular complexity index is 2300. The summed E-state index contributed by atoms with van der Waals surface area (Å²) in [5.74, 6) is 0. The standard InChI is InChI=1S/C44H30F6N2/c45-43(46,47)39-23-29-15-7-9-17-37(29)51(39)31-20-22-34-35(25-31)41(27-11-3-1-4-12-27)33-21-19-32(26-36(33)42(34)28-13-5-2-6-14-28)52-38-18-10-8-16-30(38)24-40(52)44(48,49)50/h1-22,25-26,39-40H,23-24H2. The number of hydrogen-bond acceptors (Lipinski definition) is 2. The summed E-state index contributed by atoms with van der Waals surface area (Å²) in [7, 11) is 0. The van der Waals surface area contributed by atoms with E-state index >= 15 is 0 Å². The summed E-state index contributed by atoms with van der Waals surface area (Å²) >= 11 is 0. The van der Waals surface area contributed by atoms with Gasteiger partial charge in [-0.25, -0.2) is 0 Å². The number of alkyl halides is 6. The van der Waals surface area contributed by atoms with Crippen molar-refractivity contribution in [2.45, 2.75) is 37.3 Å². The fraction of sp³-hybridized carbons (Fsp3) is 0.136. The topological polar surface area (TPSA) is 6.48 Å². The van der Waals surface area contributed by atoms with Crippen LogP contribution in [-0.2, 0) is 12.8 Å². The Hall–Kier alpha value is -5.76. The van der Waals surface area contributed by atoms with Crippen LogP contribution in [0.1, 0.15) is 11.1 Å². The second-order valence-corrected chi connectivity index (χ2v) is 13.5. The van der Waals surface area contributed by atoms with Crippen LogP contribution in [0, 0.1) is 0 Å². The third kappa shape index (κ3) is 5.19. The zero-order valence-electron chi connectivity index (χ0n) is 27.6. The summed E-state index contributed by atoms with van der Waals surface area (Å²) < 4.78 is 87.9. The van der Waals surface area contributed by atoms with Crippen LogP contribution in [0.5, 0.6) is 0 Å². The normalized spacial score (nSPS) is 17.2. The van der Waals surface area contributed by atoms with E-state index in [1.165, 1.54) is 9.80 Å². The van der Waals surface area contributed by atoms with Crippen molar-refractivity contribution < 1.29 is 26.3 Å². The molecule has 7 aromatic carbocycles. The number of halogens is 6. The maximum absolute atomic E-state index is 14.7. The Balaban J connectivity index is 1.35. The van der Waals surface area contributed by atoms with E-state index in [-0.39, 0.29) is 12.8 Å². The molecule has 0 saturated heterocycles. The molecule has 2 heterocycles. The highest BCUT2D eigenvalue weighted by atomic mass is 19.4. The fourth-order valence-electron chi connectivity index (χ4n) is 8.27. The number of hydrogen-bond donors (Lipinski definition) is 0. The highest BCUT2D eigenvalue weighted by molar-refractivity contribution is 6.22. The van der Waals surface area contributed by atoms with Crippen molar-refractivity contribution in [3.8, 4) is 22.3 Å². The molecule has 0 aliphatic carbocycles. The van der Waals surface area contributed by atoms with Crippen LogP contribution in [0.4, 0.5) is 49.1 Å². The van der Waals surface area contributed by atoms with Crippen molar-refractivity contribution in [2.24, 2.45) is 0 Å². The minimum absolute atomic E-state index is 0.155. The molecule has 2 aliphatic rings. The Morgan fingerprint density at radius 2 is 0.769 bits per heavy atom. The van der Waals surface area contributed by atoms with Gasteiger partial charge in [0, 0.05) is 35.6 Å². The first-order valence-corrected chi connectivity index (χ1v) is 17.1. The molecule has 2 aliphatic heterocycles. The van der Waals surface area contributed by atoms with Crippen molar-refractivity contribution in [1.82, 2.24) is 0 Å².